The molecule has 0 aliphatic rings. The van der Waals surface area contributed by atoms with Gasteiger partial charge in [0.25, 0.3) is 0 Å². The molecule has 1 rings (SSSR count). The maximum absolute atomic E-state index is 10.4. The number of aliphatic hydroxyl groups is 1. The van der Waals surface area contributed by atoms with E-state index in [0.717, 1.165) is 5.56 Å². The van der Waals surface area contributed by atoms with Gasteiger partial charge in [0, 0.05) is 0 Å². The molecule has 0 heterocycles. The summed E-state index contributed by atoms with van der Waals surface area (Å²) in [5.74, 6) is 0. The molecule has 1 amide bonds. The Morgan fingerprint density at radius 3 is 2.54 bits per heavy atom. The van der Waals surface area contributed by atoms with Gasteiger partial charge >= 0.3 is 6.09 Å². The Kier molecular flexibility index (Phi) is 3.28. The second-order valence-electron chi connectivity index (χ2n) is 2.52. The van der Waals surface area contributed by atoms with Gasteiger partial charge in [-0.1, -0.05) is 30.3 Å². The molecule has 0 saturated heterocycles. The zero-order chi connectivity index (χ0) is 9.68. The molecule has 4 nitrogen and oxygen atoms in total. The smallest absolute Gasteiger partial charge is 0.405 e. The van der Waals surface area contributed by atoms with Crippen molar-refractivity contribution in [1.29, 1.82) is 0 Å². The molecule has 0 aliphatic heterocycles. The van der Waals surface area contributed by atoms with Crippen molar-refractivity contribution >= 4 is 6.09 Å². The number of primary amides is 1. The predicted molar refractivity (Wildman–Crippen MR) is 46.9 cm³/mol. The maximum Gasteiger partial charge on any atom is 0.405 e. The third kappa shape index (κ3) is 2.76. The fourth-order valence-corrected chi connectivity index (χ4v) is 1.02. The Balaban J connectivity index is 2.73. The van der Waals surface area contributed by atoms with Crippen molar-refractivity contribution < 1.29 is 14.6 Å². The first-order chi connectivity index (χ1) is 6.24. The SMILES string of the molecule is NC(=O)O[C@@H](CO)c1ccccc1. The highest BCUT2D eigenvalue weighted by Gasteiger charge is 2.12. The number of aliphatic hydroxyl groups excluding tert-OH is 1. The van der Waals surface area contributed by atoms with E-state index < -0.39 is 12.2 Å². The highest BCUT2D eigenvalue weighted by molar-refractivity contribution is 5.65. The molecular formula is C9H11NO3. The van der Waals surface area contributed by atoms with Crippen LogP contribution in [0.3, 0.4) is 0 Å². The normalized spacial score (nSPS) is 12.1. The number of amides is 1. The number of benzene rings is 1. The van der Waals surface area contributed by atoms with E-state index in [0.29, 0.717) is 0 Å². The Hall–Kier alpha value is -1.55. The van der Waals surface area contributed by atoms with Gasteiger partial charge in [-0.05, 0) is 5.56 Å². The highest BCUT2D eigenvalue weighted by atomic mass is 16.6. The van der Waals surface area contributed by atoms with Crippen LogP contribution in [-0.4, -0.2) is 17.8 Å². The number of carbonyl (C=O) groups is 1. The van der Waals surface area contributed by atoms with Crippen molar-refractivity contribution in [1.82, 2.24) is 0 Å². The molecule has 0 fully saturated rings. The minimum Gasteiger partial charge on any atom is -0.439 e. The van der Waals surface area contributed by atoms with Crippen LogP contribution >= 0.6 is 0 Å². The first kappa shape index (κ1) is 9.54. The number of hydrogen-bond acceptors (Lipinski definition) is 3. The van der Waals surface area contributed by atoms with Gasteiger partial charge in [0.15, 0.2) is 6.10 Å². The van der Waals surface area contributed by atoms with Crippen LogP contribution in [0.2, 0.25) is 0 Å². The lowest BCUT2D eigenvalue weighted by atomic mass is 10.1. The fraction of sp³-hybridized carbons (Fsp3) is 0.222. The van der Waals surface area contributed by atoms with Crippen LogP contribution in [0, 0.1) is 0 Å². The molecule has 0 saturated carbocycles. The predicted octanol–water partition coefficient (Wildman–Crippen LogP) is 0.815. The van der Waals surface area contributed by atoms with Gasteiger partial charge in [-0.3, -0.25) is 0 Å². The molecule has 4 heteroatoms. The van der Waals surface area contributed by atoms with Gasteiger partial charge in [0.1, 0.15) is 0 Å². The van der Waals surface area contributed by atoms with E-state index in [4.69, 9.17) is 10.8 Å². The summed E-state index contributed by atoms with van der Waals surface area (Å²) in [6.07, 6.45) is -1.55. The Labute approximate surface area is 75.9 Å². The van der Waals surface area contributed by atoms with Gasteiger partial charge in [0.05, 0.1) is 6.61 Å². The third-order valence-electron chi connectivity index (χ3n) is 1.60. The van der Waals surface area contributed by atoms with E-state index in [1.807, 2.05) is 6.07 Å². The van der Waals surface area contributed by atoms with E-state index in [1.165, 1.54) is 0 Å². The van der Waals surface area contributed by atoms with Crippen molar-refractivity contribution in [3.05, 3.63) is 35.9 Å². The molecule has 13 heavy (non-hydrogen) atoms. The summed E-state index contributed by atoms with van der Waals surface area (Å²) in [6.45, 7) is -0.271. The molecule has 1 aromatic rings. The second-order valence-corrected chi connectivity index (χ2v) is 2.52. The van der Waals surface area contributed by atoms with Gasteiger partial charge in [-0.15, -0.1) is 0 Å². The lowest BCUT2D eigenvalue weighted by Gasteiger charge is -2.13. The van der Waals surface area contributed by atoms with Gasteiger partial charge in [0.2, 0.25) is 0 Å². The number of carbonyl (C=O) groups excluding carboxylic acids is 1. The van der Waals surface area contributed by atoms with Gasteiger partial charge < -0.3 is 15.6 Å². The van der Waals surface area contributed by atoms with Gasteiger partial charge in [-0.25, -0.2) is 4.79 Å². The lowest BCUT2D eigenvalue weighted by molar-refractivity contribution is 0.0633. The summed E-state index contributed by atoms with van der Waals surface area (Å²) in [4.78, 5) is 10.4. The summed E-state index contributed by atoms with van der Waals surface area (Å²) in [6, 6.07) is 8.93. The molecule has 0 aromatic heterocycles. The zero-order valence-electron chi connectivity index (χ0n) is 7.01. The molecule has 1 aromatic carbocycles. The number of nitrogens with two attached hydrogens (primary N) is 1. The Morgan fingerprint density at radius 1 is 1.46 bits per heavy atom. The van der Waals surface area contributed by atoms with Crippen molar-refractivity contribution in [2.24, 2.45) is 5.73 Å². The monoisotopic (exact) mass is 181 g/mol. The van der Waals surface area contributed by atoms with E-state index in [1.54, 1.807) is 24.3 Å². The number of rotatable bonds is 3. The molecule has 1 atom stereocenters. The minimum atomic E-state index is -0.886. The summed E-state index contributed by atoms with van der Waals surface area (Å²) >= 11 is 0. The standard InChI is InChI=1S/C9H11NO3/c10-9(12)13-8(6-11)7-4-2-1-3-5-7/h1-5,8,11H,6H2,(H2,10,12)/t8-/m0/s1. The van der Waals surface area contributed by atoms with Crippen LogP contribution in [0.5, 0.6) is 0 Å². The van der Waals surface area contributed by atoms with Crippen LogP contribution in [0.4, 0.5) is 4.79 Å². The summed E-state index contributed by atoms with van der Waals surface area (Å²) in [5, 5.41) is 8.90. The number of ether oxygens (including phenoxy) is 1. The average Bonchev–Trinajstić information content (AvgIpc) is 2.15. The fourth-order valence-electron chi connectivity index (χ4n) is 1.02. The van der Waals surface area contributed by atoms with Gasteiger partial charge in [-0.2, -0.15) is 0 Å². The largest absolute Gasteiger partial charge is 0.439 e. The van der Waals surface area contributed by atoms with E-state index >= 15 is 0 Å². The summed E-state index contributed by atoms with van der Waals surface area (Å²) in [5.41, 5.74) is 5.56. The molecule has 0 spiro atoms. The van der Waals surface area contributed by atoms with Crippen molar-refractivity contribution in [3.8, 4) is 0 Å². The van der Waals surface area contributed by atoms with Crippen molar-refractivity contribution in [3.63, 3.8) is 0 Å². The van der Waals surface area contributed by atoms with E-state index in [2.05, 4.69) is 4.74 Å². The molecule has 70 valence electrons. The molecule has 0 aliphatic carbocycles. The number of hydrogen-bond donors (Lipinski definition) is 2. The minimum absolute atomic E-state index is 0.271. The molecule has 0 radical (unpaired) electrons. The molecule has 3 N–H and O–H groups in total. The van der Waals surface area contributed by atoms with Crippen molar-refractivity contribution in [2.75, 3.05) is 6.61 Å². The van der Waals surface area contributed by atoms with Crippen LogP contribution in [0.25, 0.3) is 0 Å². The van der Waals surface area contributed by atoms with Crippen LogP contribution in [0.1, 0.15) is 11.7 Å². The highest BCUT2D eigenvalue weighted by Crippen LogP contribution is 2.15. The van der Waals surface area contributed by atoms with Crippen LogP contribution in [-0.2, 0) is 4.74 Å². The average molecular weight is 181 g/mol. The third-order valence-corrected chi connectivity index (χ3v) is 1.60. The second kappa shape index (κ2) is 4.47. The van der Waals surface area contributed by atoms with Crippen molar-refractivity contribution in [2.45, 2.75) is 6.10 Å². The maximum atomic E-state index is 10.4. The topological polar surface area (TPSA) is 72.6 Å². The van der Waals surface area contributed by atoms with Crippen LogP contribution < -0.4 is 5.73 Å². The quantitative estimate of drug-likeness (QED) is 0.724. The van der Waals surface area contributed by atoms with Crippen LogP contribution in [0.15, 0.2) is 30.3 Å². The van der Waals surface area contributed by atoms with E-state index in [-0.39, 0.29) is 6.61 Å². The Morgan fingerprint density at radius 2 is 2.08 bits per heavy atom. The molecule has 0 unspecified atom stereocenters. The zero-order valence-corrected chi connectivity index (χ0v) is 7.01. The summed E-state index contributed by atoms with van der Waals surface area (Å²) in [7, 11) is 0. The first-order valence-corrected chi connectivity index (χ1v) is 3.86. The lowest BCUT2D eigenvalue weighted by Crippen LogP contribution is -2.19. The summed E-state index contributed by atoms with van der Waals surface area (Å²) < 4.78 is 4.67. The molecular weight excluding hydrogens is 170 g/mol. The van der Waals surface area contributed by atoms with E-state index in [9.17, 15) is 4.79 Å². The molecule has 0 bridgehead atoms. The first-order valence-electron chi connectivity index (χ1n) is 3.86. The Bertz CT molecular complexity index is 273.